The first-order chi connectivity index (χ1) is 26.7. The van der Waals surface area contributed by atoms with Gasteiger partial charge in [0.2, 0.25) is 0 Å². The Balaban J connectivity index is 1.22. The molecular formula is C55H61N. The van der Waals surface area contributed by atoms with E-state index in [1.54, 1.807) is 11.1 Å². The quantitative estimate of drug-likeness (QED) is 0.178. The first kappa shape index (κ1) is 35.1. The van der Waals surface area contributed by atoms with Crippen molar-refractivity contribution < 1.29 is 0 Å². The van der Waals surface area contributed by atoms with Crippen LogP contribution in [0, 0.1) is 23.7 Å². The minimum Gasteiger partial charge on any atom is -0.310 e. The van der Waals surface area contributed by atoms with E-state index >= 15 is 0 Å². The summed E-state index contributed by atoms with van der Waals surface area (Å²) in [5, 5.41) is 0. The Morgan fingerprint density at radius 3 is 1.62 bits per heavy atom. The second-order valence-electron chi connectivity index (χ2n) is 21.9. The highest BCUT2D eigenvalue weighted by Crippen LogP contribution is 2.74. The predicted molar refractivity (Wildman–Crippen MR) is 236 cm³/mol. The summed E-state index contributed by atoms with van der Waals surface area (Å²) in [6.07, 6.45) is 10.5. The van der Waals surface area contributed by atoms with Gasteiger partial charge in [-0.25, -0.2) is 0 Å². The molecule has 0 aliphatic heterocycles. The molecule has 0 heterocycles. The van der Waals surface area contributed by atoms with Gasteiger partial charge in [0.05, 0.1) is 5.69 Å². The van der Waals surface area contributed by atoms with Gasteiger partial charge < -0.3 is 4.90 Å². The van der Waals surface area contributed by atoms with E-state index in [1.807, 2.05) is 0 Å². The second kappa shape index (κ2) is 11.5. The van der Waals surface area contributed by atoms with E-state index < -0.39 is 0 Å². The third-order valence-corrected chi connectivity index (χ3v) is 17.0. The molecule has 0 saturated heterocycles. The Morgan fingerprint density at radius 1 is 0.464 bits per heavy atom. The molecular weight excluding hydrogens is 675 g/mol. The van der Waals surface area contributed by atoms with Crippen LogP contribution in [0.1, 0.15) is 140 Å². The van der Waals surface area contributed by atoms with Gasteiger partial charge in [0.1, 0.15) is 0 Å². The minimum atomic E-state index is 0.112. The molecule has 4 bridgehead atoms. The molecule has 5 aromatic carbocycles. The lowest BCUT2D eigenvalue weighted by molar-refractivity contribution is 0.191. The zero-order valence-electron chi connectivity index (χ0n) is 35.2. The van der Waals surface area contributed by atoms with Gasteiger partial charge in [0.25, 0.3) is 0 Å². The van der Waals surface area contributed by atoms with Crippen LogP contribution >= 0.6 is 0 Å². The minimum absolute atomic E-state index is 0.112. The van der Waals surface area contributed by atoms with E-state index in [2.05, 4.69) is 163 Å². The van der Waals surface area contributed by atoms with Crippen LogP contribution < -0.4 is 4.90 Å². The maximum Gasteiger partial charge on any atom is 0.0546 e. The molecule has 286 valence electrons. The van der Waals surface area contributed by atoms with Crippen molar-refractivity contribution in [3.63, 3.8) is 0 Å². The Kier molecular flexibility index (Phi) is 7.22. The molecule has 5 aromatic rings. The van der Waals surface area contributed by atoms with E-state index in [0.717, 1.165) is 23.7 Å². The van der Waals surface area contributed by atoms with Crippen LogP contribution in [0.4, 0.5) is 17.1 Å². The Hall–Kier alpha value is -4.10. The number of benzene rings is 5. The van der Waals surface area contributed by atoms with Gasteiger partial charge in [-0.1, -0.05) is 128 Å². The van der Waals surface area contributed by atoms with Gasteiger partial charge in [0, 0.05) is 22.4 Å². The zero-order valence-corrected chi connectivity index (χ0v) is 35.2. The van der Waals surface area contributed by atoms with E-state index in [0.29, 0.717) is 0 Å². The molecule has 4 fully saturated rings. The van der Waals surface area contributed by atoms with E-state index in [4.69, 9.17) is 0 Å². The van der Waals surface area contributed by atoms with Crippen molar-refractivity contribution in [1.82, 2.24) is 0 Å². The van der Waals surface area contributed by atoms with E-state index in [9.17, 15) is 0 Å². The van der Waals surface area contributed by atoms with Crippen molar-refractivity contribution >= 4 is 17.1 Å². The summed E-state index contributed by atoms with van der Waals surface area (Å²) in [5.74, 6) is 3.32. The number of rotatable bonds is 4. The maximum atomic E-state index is 2.68. The Bertz CT molecular complexity index is 2340. The summed E-state index contributed by atoms with van der Waals surface area (Å²) in [4.78, 5) is 2.68. The fourth-order valence-corrected chi connectivity index (χ4v) is 14.0. The summed E-state index contributed by atoms with van der Waals surface area (Å²) in [5.41, 5.74) is 19.6. The number of hydrogen-bond acceptors (Lipinski definition) is 1. The molecule has 0 radical (unpaired) electrons. The molecule has 0 aromatic heterocycles. The van der Waals surface area contributed by atoms with Gasteiger partial charge in [-0.2, -0.15) is 0 Å². The highest BCUT2D eigenvalue weighted by molar-refractivity contribution is 6.02. The highest BCUT2D eigenvalue weighted by atomic mass is 15.1. The van der Waals surface area contributed by atoms with Gasteiger partial charge in [-0.15, -0.1) is 0 Å². The van der Waals surface area contributed by atoms with Crippen LogP contribution in [0.15, 0.2) is 103 Å². The van der Waals surface area contributed by atoms with Crippen molar-refractivity contribution in [2.75, 3.05) is 4.90 Å². The van der Waals surface area contributed by atoms with Crippen molar-refractivity contribution in [3.8, 4) is 22.3 Å². The van der Waals surface area contributed by atoms with Gasteiger partial charge in [0.15, 0.2) is 0 Å². The molecule has 0 amide bonds. The Morgan fingerprint density at radius 2 is 1.02 bits per heavy atom. The average Bonchev–Trinajstić information content (AvgIpc) is 3.73. The standard InChI is InChI=1S/C55H61N/c1-51(2)24-26-53(5,6)46-32-38(18-20-42(46)51)56(39-19-21-43-47(33-39)54(7,8)27-25-52(43,3)4)48-23-22-44-50(49(48)35-14-10-9-11-15-35)40-16-12-13-17-41(40)55(44)37-29-34-28-36(31-37)45(55)30-34/h9-23,32-34,36-37,45H,24-31H2,1-8H3. The summed E-state index contributed by atoms with van der Waals surface area (Å²) in [6.45, 7) is 19.7. The highest BCUT2D eigenvalue weighted by Gasteiger charge is 2.66. The molecule has 5 atom stereocenters. The van der Waals surface area contributed by atoms with Crippen molar-refractivity contribution in [2.45, 2.75) is 134 Å². The normalized spacial score (nSPS) is 28.8. The molecule has 12 rings (SSSR count). The molecule has 1 nitrogen and oxygen atoms in total. The average molecular weight is 736 g/mol. The Labute approximate surface area is 337 Å². The van der Waals surface area contributed by atoms with Crippen molar-refractivity contribution in [2.24, 2.45) is 23.7 Å². The molecule has 4 saturated carbocycles. The summed E-state index contributed by atoms with van der Waals surface area (Å²) in [7, 11) is 0. The predicted octanol–water partition coefficient (Wildman–Crippen LogP) is 14.9. The summed E-state index contributed by atoms with van der Waals surface area (Å²) in [6, 6.07) is 41.4. The van der Waals surface area contributed by atoms with Crippen LogP contribution in [-0.4, -0.2) is 0 Å². The molecule has 1 spiro atoms. The molecule has 56 heavy (non-hydrogen) atoms. The maximum absolute atomic E-state index is 2.68. The smallest absolute Gasteiger partial charge is 0.0546 e. The topological polar surface area (TPSA) is 3.24 Å². The number of anilines is 3. The van der Waals surface area contributed by atoms with Crippen LogP contribution in [0.25, 0.3) is 22.3 Å². The third kappa shape index (κ3) is 4.67. The van der Waals surface area contributed by atoms with Crippen molar-refractivity contribution in [3.05, 3.63) is 137 Å². The van der Waals surface area contributed by atoms with E-state index in [-0.39, 0.29) is 27.1 Å². The summed E-state index contributed by atoms with van der Waals surface area (Å²) < 4.78 is 0. The lowest BCUT2D eigenvalue weighted by atomic mass is 9.59. The van der Waals surface area contributed by atoms with Crippen molar-refractivity contribution in [1.29, 1.82) is 0 Å². The number of nitrogens with zero attached hydrogens (tertiary/aromatic N) is 1. The van der Waals surface area contributed by atoms with Crippen LogP contribution in [0.5, 0.6) is 0 Å². The summed E-state index contributed by atoms with van der Waals surface area (Å²) >= 11 is 0. The fourth-order valence-electron chi connectivity index (χ4n) is 14.0. The molecule has 0 N–H and O–H groups in total. The molecule has 1 heteroatoms. The SMILES string of the molecule is CC1(C)CCC(C)(C)c2cc(N(c3ccc4c(c3)C(C)(C)CCC4(C)C)c3ccc4c(c3-c3ccccc3)-c3ccccc3C43C4CC5CC(C4)C3C5)ccc21. The van der Waals surface area contributed by atoms with Gasteiger partial charge in [-0.05, 0) is 177 Å². The van der Waals surface area contributed by atoms with Crippen LogP contribution in [0.2, 0.25) is 0 Å². The second-order valence-corrected chi connectivity index (χ2v) is 21.9. The number of fused-ring (bicyclic) bond motifs is 5. The first-order valence-corrected chi connectivity index (χ1v) is 22.1. The van der Waals surface area contributed by atoms with Crippen LogP contribution in [0.3, 0.4) is 0 Å². The lowest BCUT2D eigenvalue weighted by Gasteiger charge is -2.44. The fraction of sp³-hybridized carbons (Fsp3) is 0.455. The van der Waals surface area contributed by atoms with Gasteiger partial charge >= 0.3 is 0 Å². The molecule has 5 unspecified atom stereocenters. The molecule has 7 aliphatic rings. The van der Waals surface area contributed by atoms with Gasteiger partial charge in [-0.3, -0.25) is 0 Å². The third-order valence-electron chi connectivity index (χ3n) is 17.0. The van der Waals surface area contributed by atoms with Crippen LogP contribution in [-0.2, 0) is 27.1 Å². The molecule has 7 aliphatic carbocycles. The number of hydrogen-bond donors (Lipinski definition) is 0. The largest absolute Gasteiger partial charge is 0.310 e. The monoisotopic (exact) mass is 735 g/mol. The first-order valence-electron chi connectivity index (χ1n) is 22.1. The van der Waals surface area contributed by atoms with E-state index in [1.165, 1.54) is 113 Å². The lowest BCUT2D eigenvalue weighted by Crippen LogP contribution is -2.40. The zero-order chi connectivity index (χ0) is 38.6.